The van der Waals surface area contributed by atoms with Crippen LogP contribution in [0.4, 0.5) is 0 Å². The first-order valence-corrected chi connectivity index (χ1v) is 6.09. The standard InChI is InChI=1S/C11H9N2.Bi/c1-9-12-8-7-11(13-9)10-5-3-2-4-6-10;/h2-7H,1H3;. The van der Waals surface area contributed by atoms with Gasteiger partial charge in [-0.2, -0.15) is 0 Å². The summed E-state index contributed by atoms with van der Waals surface area (Å²) >= 11 is 1.17. The van der Waals surface area contributed by atoms with Gasteiger partial charge < -0.3 is 0 Å². The first-order valence-electron chi connectivity index (χ1n) is 4.36. The van der Waals surface area contributed by atoms with Gasteiger partial charge in [0.15, 0.2) is 0 Å². The van der Waals surface area contributed by atoms with Gasteiger partial charge >= 0.3 is 98.5 Å². The summed E-state index contributed by atoms with van der Waals surface area (Å²) in [4.78, 5) is 8.71. The van der Waals surface area contributed by atoms with Gasteiger partial charge in [-0.1, -0.05) is 0 Å². The van der Waals surface area contributed by atoms with Crippen LogP contribution in [-0.4, -0.2) is 34.7 Å². The van der Waals surface area contributed by atoms with Gasteiger partial charge in [-0.3, -0.25) is 0 Å². The topological polar surface area (TPSA) is 25.8 Å². The molecule has 0 spiro atoms. The van der Waals surface area contributed by atoms with Crippen molar-refractivity contribution in [3.05, 3.63) is 42.2 Å². The second-order valence-electron chi connectivity index (χ2n) is 3.02. The van der Waals surface area contributed by atoms with E-state index in [2.05, 4.69) is 28.2 Å². The zero-order chi connectivity index (χ0) is 9.97. The Morgan fingerprint density at radius 2 is 1.79 bits per heavy atom. The molecule has 68 valence electrons. The van der Waals surface area contributed by atoms with E-state index in [0.717, 1.165) is 20.5 Å². The fourth-order valence-corrected chi connectivity index (χ4v) is 2.35. The molecule has 2 radical (unpaired) electrons. The quantitative estimate of drug-likeness (QED) is 0.699. The molecule has 0 aliphatic rings. The van der Waals surface area contributed by atoms with E-state index in [4.69, 9.17) is 0 Å². The molecule has 0 fully saturated rings. The molecule has 0 bridgehead atoms. The molecule has 2 aromatic rings. The Kier molecular flexibility index (Phi) is 2.88. The van der Waals surface area contributed by atoms with Crippen LogP contribution in [0.1, 0.15) is 5.82 Å². The summed E-state index contributed by atoms with van der Waals surface area (Å²) in [5, 5.41) is 0. The Bertz CT molecular complexity index is 420. The van der Waals surface area contributed by atoms with Crippen molar-refractivity contribution in [3.8, 4) is 11.3 Å². The maximum atomic E-state index is 4.41. The van der Waals surface area contributed by atoms with E-state index in [1.54, 1.807) is 0 Å². The summed E-state index contributed by atoms with van der Waals surface area (Å²) in [6, 6.07) is 12.3. The molecule has 0 saturated carbocycles. The van der Waals surface area contributed by atoms with Gasteiger partial charge in [0.05, 0.1) is 0 Å². The predicted molar refractivity (Wildman–Crippen MR) is 57.6 cm³/mol. The molecule has 0 amide bonds. The summed E-state index contributed by atoms with van der Waals surface area (Å²) in [6.07, 6.45) is 0. The molecule has 0 unspecified atom stereocenters. The summed E-state index contributed by atoms with van der Waals surface area (Å²) in [5.74, 6) is 0.851. The summed E-state index contributed by atoms with van der Waals surface area (Å²) < 4.78 is 1.12. The van der Waals surface area contributed by atoms with Crippen molar-refractivity contribution in [2.45, 2.75) is 6.92 Å². The monoisotopic (exact) mass is 378 g/mol. The summed E-state index contributed by atoms with van der Waals surface area (Å²) in [7, 11) is 0. The number of benzene rings is 1. The molecule has 0 aliphatic carbocycles. The zero-order valence-corrected chi connectivity index (χ0v) is 11.3. The van der Waals surface area contributed by atoms with Gasteiger partial charge in [0.1, 0.15) is 0 Å². The first kappa shape index (κ1) is 9.73. The molecule has 0 aliphatic heterocycles. The maximum absolute atomic E-state index is 4.41. The van der Waals surface area contributed by atoms with E-state index in [9.17, 15) is 0 Å². The molecule has 0 saturated heterocycles. The molecule has 2 rings (SSSR count). The van der Waals surface area contributed by atoms with Crippen molar-refractivity contribution in [2.24, 2.45) is 0 Å². The third-order valence-corrected chi connectivity index (χ3v) is 2.78. The van der Waals surface area contributed by atoms with Crippen molar-refractivity contribution in [1.29, 1.82) is 0 Å². The molecule has 0 atom stereocenters. The minimum atomic E-state index is 0.851. The molecular weight excluding hydrogens is 369 g/mol. The third-order valence-electron chi connectivity index (χ3n) is 1.89. The van der Waals surface area contributed by atoms with Crippen LogP contribution in [0.2, 0.25) is 0 Å². The first-order chi connectivity index (χ1) is 6.75. The Labute approximate surface area is 98.3 Å². The van der Waals surface area contributed by atoms with E-state index in [1.165, 1.54) is 24.7 Å². The van der Waals surface area contributed by atoms with Crippen LogP contribution in [0.3, 0.4) is 0 Å². The number of nitrogens with zero attached hydrogens (tertiary/aromatic N) is 2. The van der Waals surface area contributed by atoms with Crippen molar-refractivity contribution in [1.82, 2.24) is 9.97 Å². The Morgan fingerprint density at radius 3 is 2.43 bits per heavy atom. The molecule has 1 aromatic carbocycles. The van der Waals surface area contributed by atoms with Crippen LogP contribution in [0, 0.1) is 6.92 Å². The van der Waals surface area contributed by atoms with Crippen LogP contribution in [0.15, 0.2) is 36.4 Å². The van der Waals surface area contributed by atoms with Crippen molar-refractivity contribution in [2.75, 3.05) is 0 Å². The van der Waals surface area contributed by atoms with Crippen LogP contribution in [0.5, 0.6) is 0 Å². The Hall–Kier alpha value is -0.817. The SMILES string of the molecule is Cc1n[c]([Bi])cc(-c2ccccc2)n1. The Balaban J connectivity index is 2.52. The van der Waals surface area contributed by atoms with Crippen LogP contribution < -0.4 is 3.40 Å². The molecule has 2 nitrogen and oxygen atoms in total. The van der Waals surface area contributed by atoms with Gasteiger partial charge in [-0.05, 0) is 0 Å². The second kappa shape index (κ2) is 4.14. The fraction of sp³-hybridized carbons (Fsp3) is 0.0909. The van der Waals surface area contributed by atoms with E-state index in [0.29, 0.717) is 0 Å². The molecule has 3 heteroatoms. The molecule has 1 aromatic heterocycles. The van der Waals surface area contributed by atoms with Crippen LogP contribution in [0.25, 0.3) is 11.3 Å². The van der Waals surface area contributed by atoms with Crippen molar-refractivity contribution in [3.63, 3.8) is 0 Å². The average Bonchev–Trinajstić information content (AvgIpc) is 2.18. The Morgan fingerprint density at radius 1 is 1.07 bits per heavy atom. The van der Waals surface area contributed by atoms with Crippen molar-refractivity contribution < 1.29 is 0 Å². The van der Waals surface area contributed by atoms with Gasteiger partial charge in [0, 0.05) is 0 Å². The third kappa shape index (κ3) is 2.16. The summed E-state index contributed by atoms with van der Waals surface area (Å²) in [5.41, 5.74) is 2.18. The summed E-state index contributed by atoms with van der Waals surface area (Å²) in [6.45, 7) is 1.93. The molecule has 0 N–H and O–H groups in total. The van der Waals surface area contributed by atoms with Gasteiger partial charge in [-0.25, -0.2) is 0 Å². The zero-order valence-electron chi connectivity index (χ0n) is 7.81. The number of aryl methyl sites for hydroxylation is 1. The van der Waals surface area contributed by atoms with Gasteiger partial charge in [0.25, 0.3) is 0 Å². The number of aromatic nitrogens is 2. The van der Waals surface area contributed by atoms with E-state index in [-0.39, 0.29) is 0 Å². The van der Waals surface area contributed by atoms with E-state index < -0.39 is 0 Å². The number of hydrogen-bond donors (Lipinski definition) is 0. The number of rotatable bonds is 1. The van der Waals surface area contributed by atoms with Crippen LogP contribution in [-0.2, 0) is 0 Å². The fourth-order valence-electron chi connectivity index (χ4n) is 1.31. The normalized spacial score (nSPS) is 10.1. The second-order valence-corrected chi connectivity index (χ2v) is 4.81. The minimum absolute atomic E-state index is 0.851. The predicted octanol–water partition coefficient (Wildman–Crippen LogP) is 1.25. The van der Waals surface area contributed by atoms with Gasteiger partial charge in [0.2, 0.25) is 0 Å². The van der Waals surface area contributed by atoms with E-state index >= 15 is 0 Å². The molecule has 1 heterocycles. The van der Waals surface area contributed by atoms with Crippen molar-refractivity contribution >= 4 is 28.1 Å². The van der Waals surface area contributed by atoms with E-state index in [1.807, 2.05) is 25.1 Å². The molecular formula is C11H9BiN2. The van der Waals surface area contributed by atoms with Crippen LogP contribution >= 0.6 is 0 Å². The van der Waals surface area contributed by atoms with Gasteiger partial charge in [-0.15, -0.1) is 0 Å². The molecule has 14 heavy (non-hydrogen) atoms. The number of hydrogen-bond acceptors (Lipinski definition) is 2. The average molecular weight is 378 g/mol.